The Labute approximate surface area is 203 Å². The first kappa shape index (κ1) is 24.2. The van der Waals surface area contributed by atoms with E-state index in [1.165, 1.54) is 18.3 Å². The van der Waals surface area contributed by atoms with Gasteiger partial charge in [0.1, 0.15) is 6.61 Å². The lowest BCUT2D eigenvalue weighted by Gasteiger charge is -2.10. The second-order valence-electron chi connectivity index (χ2n) is 6.99. The number of thiophene rings is 1. The molecule has 13 heteroatoms. The van der Waals surface area contributed by atoms with Crippen LogP contribution in [0.15, 0.2) is 48.7 Å². The molecule has 35 heavy (non-hydrogen) atoms. The number of nitrogens with one attached hydrogen (secondary N) is 1. The Balaban J connectivity index is 1.58. The van der Waals surface area contributed by atoms with Crippen molar-refractivity contribution < 1.29 is 23.9 Å². The van der Waals surface area contributed by atoms with E-state index in [9.17, 15) is 14.9 Å². The molecule has 0 spiro atoms. The number of nitrogens with zero attached hydrogens (tertiary/aromatic N) is 5. The van der Waals surface area contributed by atoms with Crippen LogP contribution in [0.4, 0.5) is 10.8 Å². The van der Waals surface area contributed by atoms with Crippen LogP contribution in [0.2, 0.25) is 0 Å². The fraction of sp³-hybridized carbons (Fsp3) is 0.273. The van der Waals surface area contributed by atoms with Crippen LogP contribution in [-0.2, 0) is 9.47 Å². The van der Waals surface area contributed by atoms with Gasteiger partial charge in [0.25, 0.3) is 5.91 Å². The third-order valence-electron chi connectivity index (χ3n) is 4.67. The van der Waals surface area contributed by atoms with Gasteiger partial charge < -0.3 is 19.5 Å². The van der Waals surface area contributed by atoms with E-state index < -0.39 is 10.8 Å². The molecule has 4 rings (SSSR count). The zero-order valence-electron chi connectivity index (χ0n) is 18.7. The molecule has 1 N–H and O–H groups in total. The molecule has 3 aromatic heterocycles. The highest BCUT2D eigenvalue weighted by molar-refractivity contribution is 7.17. The van der Waals surface area contributed by atoms with Crippen molar-refractivity contribution in [3.63, 3.8) is 0 Å². The maximum absolute atomic E-state index is 12.8. The molecule has 0 fully saturated rings. The molecule has 4 aromatic rings. The Hall–Kier alpha value is -3.94. The Bertz CT molecular complexity index is 1310. The molecule has 0 unspecified atom stereocenters. The van der Waals surface area contributed by atoms with Crippen LogP contribution in [0.25, 0.3) is 16.7 Å². The zero-order chi connectivity index (χ0) is 24.6. The molecule has 0 aliphatic rings. The zero-order valence-corrected chi connectivity index (χ0v) is 19.6. The first-order chi connectivity index (χ1) is 17.1. The van der Waals surface area contributed by atoms with Crippen molar-refractivity contribution in [2.45, 2.75) is 6.92 Å². The lowest BCUT2D eigenvalue weighted by molar-refractivity contribution is -0.380. The van der Waals surface area contributed by atoms with Crippen molar-refractivity contribution in [3.8, 4) is 11.7 Å². The summed E-state index contributed by atoms with van der Waals surface area (Å²) < 4.78 is 18.0. The number of anilines is 1. The Morgan fingerprint density at radius 1 is 1.09 bits per heavy atom. The summed E-state index contributed by atoms with van der Waals surface area (Å²) in [4.78, 5) is 32.2. The molecular weight excluding hydrogens is 476 g/mol. The van der Waals surface area contributed by atoms with Crippen molar-refractivity contribution in [2.75, 3.05) is 38.4 Å². The molecule has 0 saturated heterocycles. The number of nitro groups is 1. The molecule has 12 nitrogen and oxygen atoms in total. The number of carbonyl (C=O) groups is 1. The van der Waals surface area contributed by atoms with Crippen LogP contribution >= 0.6 is 11.3 Å². The third-order valence-corrected chi connectivity index (χ3v) is 5.71. The SMILES string of the molecule is CCOCCOCCOc1nc(NC(=O)c2ccc([N+](=O)[O-])s2)c2cnn(-c3ccccc3)c2n1. The van der Waals surface area contributed by atoms with Gasteiger partial charge in [-0.25, -0.2) is 4.68 Å². The van der Waals surface area contributed by atoms with Crippen molar-refractivity contribution in [2.24, 2.45) is 0 Å². The van der Waals surface area contributed by atoms with Gasteiger partial charge in [0, 0.05) is 12.7 Å². The highest BCUT2D eigenvalue weighted by atomic mass is 32.1. The largest absolute Gasteiger partial charge is 0.461 e. The summed E-state index contributed by atoms with van der Waals surface area (Å²) in [6.45, 7) is 3.94. The fourth-order valence-electron chi connectivity index (χ4n) is 3.08. The highest BCUT2D eigenvalue weighted by Gasteiger charge is 2.20. The van der Waals surface area contributed by atoms with Gasteiger partial charge in [-0.2, -0.15) is 15.1 Å². The Morgan fingerprint density at radius 2 is 1.86 bits per heavy atom. The van der Waals surface area contributed by atoms with Crippen molar-refractivity contribution in [1.82, 2.24) is 19.7 Å². The van der Waals surface area contributed by atoms with E-state index in [1.807, 2.05) is 37.3 Å². The monoisotopic (exact) mass is 498 g/mol. The Kier molecular flexibility index (Phi) is 7.92. The van der Waals surface area contributed by atoms with Gasteiger partial charge >= 0.3 is 11.0 Å². The quantitative estimate of drug-likeness (QED) is 0.176. The summed E-state index contributed by atoms with van der Waals surface area (Å²) in [7, 11) is 0. The average molecular weight is 499 g/mol. The number of hydrogen-bond donors (Lipinski definition) is 1. The van der Waals surface area contributed by atoms with Crippen LogP contribution in [0.5, 0.6) is 6.01 Å². The lowest BCUT2D eigenvalue weighted by Crippen LogP contribution is -2.15. The van der Waals surface area contributed by atoms with Gasteiger partial charge in [-0.05, 0) is 25.1 Å². The van der Waals surface area contributed by atoms with Crippen molar-refractivity contribution in [3.05, 3.63) is 63.7 Å². The van der Waals surface area contributed by atoms with Crippen molar-refractivity contribution >= 4 is 39.1 Å². The standard InChI is InChI=1S/C22H22N6O6S/c1-2-32-10-11-33-12-13-34-22-25-19(24-21(29)17-8-9-18(35-17)28(30)31)16-14-23-27(20(16)26-22)15-6-4-3-5-7-15/h3-9,14H,2,10-13H2,1H3,(H,24,25,26,29). The summed E-state index contributed by atoms with van der Waals surface area (Å²) in [6.07, 6.45) is 1.54. The minimum Gasteiger partial charge on any atom is -0.461 e. The molecule has 182 valence electrons. The van der Waals surface area contributed by atoms with E-state index in [1.54, 1.807) is 4.68 Å². The molecule has 0 atom stereocenters. The predicted molar refractivity (Wildman–Crippen MR) is 128 cm³/mol. The normalized spacial score (nSPS) is 11.0. The van der Waals surface area contributed by atoms with Gasteiger partial charge in [0.15, 0.2) is 11.5 Å². The van der Waals surface area contributed by atoms with E-state index in [-0.39, 0.29) is 28.3 Å². The summed E-state index contributed by atoms with van der Waals surface area (Å²) in [6, 6.07) is 12.0. The third kappa shape index (κ3) is 5.95. The van der Waals surface area contributed by atoms with Crippen LogP contribution in [0, 0.1) is 10.1 Å². The summed E-state index contributed by atoms with van der Waals surface area (Å²) in [5.74, 6) is -0.369. The first-order valence-electron chi connectivity index (χ1n) is 10.7. The second kappa shape index (κ2) is 11.5. The summed E-state index contributed by atoms with van der Waals surface area (Å²) in [5.41, 5.74) is 1.18. The summed E-state index contributed by atoms with van der Waals surface area (Å²) >= 11 is 0.771. The van der Waals surface area contributed by atoms with Gasteiger partial charge in [-0.15, -0.1) is 0 Å². The number of para-hydroxylation sites is 1. The number of aromatic nitrogens is 4. The van der Waals surface area contributed by atoms with Gasteiger partial charge in [0.05, 0.1) is 46.9 Å². The molecule has 1 amide bonds. The second-order valence-corrected chi connectivity index (χ2v) is 8.05. The molecule has 0 bridgehead atoms. The minimum atomic E-state index is -0.545. The maximum atomic E-state index is 12.8. The minimum absolute atomic E-state index is 0.0241. The Morgan fingerprint density at radius 3 is 2.60 bits per heavy atom. The summed E-state index contributed by atoms with van der Waals surface area (Å²) in [5, 5.41) is 18.4. The van der Waals surface area contributed by atoms with Crippen LogP contribution in [0.1, 0.15) is 16.6 Å². The van der Waals surface area contributed by atoms with Gasteiger partial charge in [-0.3, -0.25) is 14.9 Å². The van der Waals surface area contributed by atoms with E-state index in [0.29, 0.717) is 37.5 Å². The number of fused-ring (bicyclic) bond motifs is 1. The number of carbonyl (C=O) groups excluding carboxylic acids is 1. The maximum Gasteiger partial charge on any atom is 0.324 e. The van der Waals surface area contributed by atoms with Gasteiger partial charge in [-0.1, -0.05) is 29.5 Å². The highest BCUT2D eigenvalue weighted by Crippen LogP contribution is 2.28. The molecular formula is C22H22N6O6S. The number of benzene rings is 1. The van der Waals surface area contributed by atoms with E-state index in [2.05, 4.69) is 20.4 Å². The topological polar surface area (TPSA) is 144 Å². The fourth-order valence-corrected chi connectivity index (χ4v) is 3.79. The lowest BCUT2D eigenvalue weighted by atomic mass is 10.3. The van der Waals surface area contributed by atoms with Crippen molar-refractivity contribution in [1.29, 1.82) is 0 Å². The first-order valence-corrected chi connectivity index (χ1v) is 11.5. The molecule has 3 heterocycles. The van der Waals surface area contributed by atoms with E-state index >= 15 is 0 Å². The number of ether oxygens (including phenoxy) is 3. The van der Waals surface area contributed by atoms with E-state index in [4.69, 9.17) is 14.2 Å². The molecule has 0 saturated carbocycles. The molecule has 0 radical (unpaired) electrons. The predicted octanol–water partition coefficient (Wildman–Crippen LogP) is 3.47. The number of amides is 1. The average Bonchev–Trinajstić information content (AvgIpc) is 3.52. The smallest absolute Gasteiger partial charge is 0.324 e. The molecule has 0 aliphatic carbocycles. The van der Waals surface area contributed by atoms with Gasteiger partial charge in [0.2, 0.25) is 0 Å². The van der Waals surface area contributed by atoms with Crippen LogP contribution < -0.4 is 10.1 Å². The number of hydrogen-bond acceptors (Lipinski definition) is 10. The van der Waals surface area contributed by atoms with Crippen LogP contribution in [-0.4, -0.2) is 63.6 Å². The number of rotatable bonds is 12. The van der Waals surface area contributed by atoms with Crippen LogP contribution in [0.3, 0.4) is 0 Å². The van der Waals surface area contributed by atoms with E-state index in [0.717, 1.165) is 17.0 Å². The molecule has 0 aliphatic heterocycles. The molecule has 1 aromatic carbocycles.